The number of unbranched alkanes of at least 4 members (excludes halogenated alkanes) is 2. The lowest BCUT2D eigenvalue weighted by molar-refractivity contribution is -0.108. The van der Waals surface area contributed by atoms with E-state index in [1.807, 2.05) is 0 Å². The molecule has 1 unspecified atom stereocenters. The van der Waals surface area contributed by atoms with Crippen LogP contribution in [-0.4, -0.2) is 21.3 Å². The molecular formula is C5H11NO5S. The van der Waals surface area contributed by atoms with Gasteiger partial charge < -0.3 is 9.59 Å². The average Bonchev–Trinajstić information content (AvgIpc) is 2.07. The largest absolute Gasteiger partial charge is 0.319 e. The van der Waals surface area contributed by atoms with E-state index in [1.165, 1.54) is 0 Å². The Morgan fingerprint density at radius 1 is 1.33 bits per heavy atom. The van der Waals surface area contributed by atoms with E-state index in [4.69, 9.17) is 8.76 Å². The van der Waals surface area contributed by atoms with Gasteiger partial charge in [0, 0.05) is 12.8 Å². The van der Waals surface area contributed by atoms with Gasteiger partial charge in [-0.1, -0.05) is 0 Å². The van der Waals surface area contributed by atoms with Crippen molar-refractivity contribution in [1.29, 1.82) is 0 Å². The van der Waals surface area contributed by atoms with Gasteiger partial charge in [-0.25, -0.2) is 0 Å². The van der Waals surface area contributed by atoms with E-state index in [0.717, 1.165) is 12.6 Å². The third-order valence-electron chi connectivity index (χ3n) is 0.726. The number of carbonyl (C=O) groups excluding carboxylic acids is 2. The van der Waals surface area contributed by atoms with Gasteiger partial charge in [-0.15, -0.1) is 0 Å². The molecule has 0 amide bonds. The molecule has 0 aliphatic carbocycles. The van der Waals surface area contributed by atoms with Crippen molar-refractivity contribution in [3.05, 3.63) is 0 Å². The van der Waals surface area contributed by atoms with Gasteiger partial charge in [0.25, 0.3) is 0 Å². The van der Waals surface area contributed by atoms with Gasteiger partial charge in [-0.2, -0.15) is 14.4 Å². The molecule has 7 heteroatoms. The standard InChI is InChI=1S/C5H8O2.H3NO3S/c6-4-2-1-3-5-7;1-4-5(2)3/h4-5H,1-3H2;1H2,(H,2,3). The summed E-state index contributed by atoms with van der Waals surface area (Å²) < 4.78 is 19.9. The Labute approximate surface area is 72.5 Å². The summed E-state index contributed by atoms with van der Waals surface area (Å²) >= 11 is -2.29. The molecule has 1 atom stereocenters. The van der Waals surface area contributed by atoms with E-state index in [-0.39, 0.29) is 0 Å². The Balaban J connectivity index is 0. The van der Waals surface area contributed by atoms with Gasteiger partial charge in [0.2, 0.25) is 0 Å². The zero-order valence-corrected chi connectivity index (χ0v) is 7.16. The number of aldehydes is 2. The van der Waals surface area contributed by atoms with Crippen molar-refractivity contribution >= 4 is 23.9 Å². The second kappa shape index (κ2) is 13.0. The molecule has 6 nitrogen and oxygen atoms in total. The predicted octanol–water partition coefficient (Wildman–Crippen LogP) is -0.432. The van der Waals surface area contributed by atoms with E-state index in [0.29, 0.717) is 19.3 Å². The lowest BCUT2D eigenvalue weighted by Crippen LogP contribution is -2.00. The average molecular weight is 197 g/mol. The Bertz CT molecular complexity index is 132. The lowest BCUT2D eigenvalue weighted by atomic mass is 10.3. The monoisotopic (exact) mass is 197 g/mol. The molecule has 0 aliphatic heterocycles. The van der Waals surface area contributed by atoms with Crippen LogP contribution in [-0.2, 0) is 25.2 Å². The smallest absolute Gasteiger partial charge is 0.303 e. The van der Waals surface area contributed by atoms with Crippen LogP contribution in [0, 0.1) is 0 Å². The Kier molecular flexibility index (Phi) is 15.1. The van der Waals surface area contributed by atoms with Crippen LogP contribution in [0.15, 0.2) is 0 Å². The van der Waals surface area contributed by atoms with E-state index in [9.17, 15) is 9.59 Å². The summed E-state index contributed by atoms with van der Waals surface area (Å²) in [6.07, 6.45) is 3.37. The summed E-state index contributed by atoms with van der Waals surface area (Å²) in [6, 6.07) is 0. The lowest BCUT2D eigenvalue weighted by Gasteiger charge is -1.78. The highest BCUT2D eigenvalue weighted by Crippen LogP contribution is 1.85. The van der Waals surface area contributed by atoms with E-state index in [2.05, 4.69) is 10.2 Å². The van der Waals surface area contributed by atoms with Crippen molar-refractivity contribution in [2.45, 2.75) is 19.3 Å². The number of carbonyl (C=O) groups is 2. The maximum absolute atomic E-state index is 9.56. The molecule has 0 bridgehead atoms. The Morgan fingerprint density at radius 2 is 1.67 bits per heavy atom. The molecule has 0 aliphatic rings. The quantitative estimate of drug-likeness (QED) is 0.268. The summed E-state index contributed by atoms with van der Waals surface area (Å²) in [5.41, 5.74) is 0. The van der Waals surface area contributed by atoms with Gasteiger partial charge >= 0.3 is 11.4 Å². The topological polar surface area (TPSA) is 107 Å². The molecule has 0 saturated heterocycles. The molecule has 0 aromatic heterocycles. The molecule has 72 valence electrons. The van der Waals surface area contributed by atoms with Crippen LogP contribution in [0.25, 0.3) is 0 Å². The van der Waals surface area contributed by atoms with E-state index < -0.39 is 11.4 Å². The molecule has 0 aromatic rings. The fourth-order valence-corrected chi connectivity index (χ4v) is 0.285. The fraction of sp³-hybridized carbons (Fsp3) is 0.600. The SMILES string of the molecule is NOS(=O)O.O=CCCCC=O. The summed E-state index contributed by atoms with van der Waals surface area (Å²) in [4.78, 5) is 19.1. The molecule has 0 radical (unpaired) electrons. The Morgan fingerprint density at radius 3 is 1.83 bits per heavy atom. The highest BCUT2D eigenvalue weighted by molar-refractivity contribution is 7.74. The first-order chi connectivity index (χ1) is 5.68. The highest BCUT2D eigenvalue weighted by atomic mass is 32.2. The van der Waals surface area contributed by atoms with Crippen LogP contribution in [0.5, 0.6) is 0 Å². The normalized spacial score (nSPS) is 10.8. The van der Waals surface area contributed by atoms with Crippen molar-refractivity contribution < 1.29 is 22.6 Å². The zero-order chi connectivity index (χ0) is 9.82. The van der Waals surface area contributed by atoms with Crippen molar-refractivity contribution in [1.82, 2.24) is 0 Å². The van der Waals surface area contributed by atoms with Crippen LogP contribution < -0.4 is 5.90 Å². The second-order valence-corrected chi connectivity index (χ2v) is 2.20. The molecule has 12 heavy (non-hydrogen) atoms. The van der Waals surface area contributed by atoms with Crippen LogP contribution in [0.1, 0.15) is 19.3 Å². The molecule has 0 fully saturated rings. The number of nitrogens with two attached hydrogens (primary N) is 1. The molecule has 0 aromatic carbocycles. The summed E-state index contributed by atoms with van der Waals surface area (Å²) in [5, 5.41) is 0. The number of rotatable bonds is 5. The van der Waals surface area contributed by atoms with Crippen LogP contribution in [0.2, 0.25) is 0 Å². The Hall–Kier alpha value is -0.630. The molecule has 0 rings (SSSR count). The summed E-state index contributed by atoms with van der Waals surface area (Å²) in [5.74, 6) is 4.12. The first-order valence-electron chi connectivity index (χ1n) is 3.04. The van der Waals surface area contributed by atoms with Gasteiger partial charge in [-0.05, 0) is 6.42 Å². The second-order valence-electron chi connectivity index (χ2n) is 1.58. The maximum Gasteiger partial charge on any atom is 0.319 e. The zero-order valence-electron chi connectivity index (χ0n) is 6.34. The van der Waals surface area contributed by atoms with Crippen LogP contribution >= 0.6 is 0 Å². The van der Waals surface area contributed by atoms with Gasteiger partial charge in [-0.3, -0.25) is 4.55 Å². The minimum atomic E-state index is -2.29. The minimum Gasteiger partial charge on any atom is -0.303 e. The van der Waals surface area contributed by atoms with Crippen LogP contribution in [0.4, 0.5) is 0 Å². The van der Waals surface area contributed by atoms with E-state index in [1.54, 1.807) is 0 Å². The molecule has 3 N–H and O–H groups in total. The van der Waals surface area contributed by atoms with E-state index >= 15 is 0 Å². The van der Waals surface area contributed by atoms with Crippen molar-refractivity contribution in [2.24, 2.45) is 5.90 Å². The summed E-state index contributed by atoms with van der Waals surface area (Å²) in [6.45, 7) is 0. The molecule has 0 heterocycles. The van der Waals surface area contributed by atoms with Gasteiger partial charge in [0.1, 0.15) is 12.6 Å². The molecule has 0 saturated carbocycles. The fourth-order valence-electron chi connectivity index (χ4n) is 0.285. The highest BCUT2D eigenvalue weighted by Gasteiger charge is 1.80. The third-order valence-corrected chi connectivity index (χ3v) is 0.891. The van der Waals surface area contributed by atoms with Crippen molar-refractivity contribution in [2.75, 3.05) is 0 Å². The first-order valence-corrected chi connectivity index (χ1v) is 4.07. The minimum absolute atomic E-state index is 0.513. The van der Waals surface area contributed by atoms with Gasteiger partial charge in [0.15, 0.2) is 0 Å². The van der Waals surface area contributed by atoms with Crippen molar-refractivity contribution in [3.8, 4) is 0 Å². The van der Waals surface area contributed by atoms with Crippen LogP contribution in [0.3, 0.4) is 0 Å². The van der Waals surface area contributed by atoms with Crippen molar-refractivity contribution in [3.63, 3.8) is 0 Å². The predicted molar refractivity (Wildman–Crippen MR) is 42.0 cm³/mol. The number of hydrogen-bond acceptors (Lipinski definition) is 5. The maximum atomic E-state index is 9.56. The molecular weight excluding hydrogens is 186 g/mol. The number of hydrogen-bond donors (Lipinski definition) is 2. The van der Waals surface area contributed by atoms with Gasteiger partial charge in [0.05, 0.1) is 0 Å². The first kappa shape index (κ1) is 13.9. The molecule has 0 spiro atoms. The summed E-state index contributed by atoms with van der Waals surface area (Å²) in [7, 11) is 0. The third kappa shape index (κ3) is 22.8.